The van der Waals surface area contributed by atoms with Crippen LogP contribution < -0.4 is 5.32 Å². The van der Waals surface area contributed by atoms with E-state index in [1.165, 1.54) is 11.1 Å². The van der Waals surface area contributed by atoms with Crippen molar-refractivity contribution in [2.75, 3.05) is 19.7 Å². The molecule has 0 bridgehead atoms. The number of hydrogen-bond donors (Lipinski definition) is 2. The molecule has 1 heterocycles. The van der Waals surface area contributed by atoms with E-state index in [0.29, 0.717) is 19.8 Å². The van der Waals surface area contributed by atoms with Crippen molar-refractivity contribution in [1.82, 2.24) is 5.32 Å². The maximum absolute atomic E-state index is 9.80. The first-order valence-corrected chi connectivity index (χ1v) is 7.28. The summed E-state index contributed by atoms with van der Waals surface area (Å²) in [6.07, 6.45) is 2.07. The maximum Gasteiger partial charge on any atom is 0.129 e. The molecule has 0 aliphatic heterocycles. The van der Waals surface area contributed by atoms with Crippen LogP contribution in [0.4, 0.5) is 0 Å². The van der Waals surface area contributed by atoms with Crippen LogP contribution in [0.3, 0.4) is 0 Å². The number of hydrogen-bond acceptors (Lipinski definition) is 4. The van der Waals surface area contributed by atoms with Crippen molar-refractivity contribution in [1.29, 1.82) is 0 Å². The van der Waals surface area contributed by atoms with Gasteiger partial charge in [0.25, 0.3) is 0 Å². The van der Waals surface area contributed by atoms with E-state index in [1.807, 2.05) is 12.1 Å². The molecule has 4 nitrogen and oxygen atoms in total. The van der Waals surface area contributed by atoms with Crippen molar-refractivity contribution < 1.29 is 14.3 Å². The lowest BCUT2D eigenvalue weighted by Crippen LogP contribution is -2.31. The van der Waals surface area contributed by atoms with Gasteiger partial charge in [-0.25, -0.2) is 0 Å². The van der Waals surface area contributed by atoms with Crippen molar-refractivity contribution in [3.8, 4) is 0 Å². The number of rotatable bonds is 9. The molecule has 0 amide bonds. The molecule has 0 aliphatic carbocycles. The molecule has 1 atom stereocenters. The van der Waals surface area contributed by atoms with Crippen LogP contribution in [-0.2, 0) is 17.8 Å². The average molecular weight is 289 g/mol. The molecule has 1 aromatic heterocycles. The molecule has 2 aromatic rings. The Morgan fingerprint density at radius 1 is 1.29 bits per heavy atom. The number of nitrogens with one attached hydrogen (secondary N) is 1. The zero-order chi connectivity index (χ0) is 14.9. The van der Waals surface area contributed by atoms with Crippen LogP contribution in [0, 0.1) is 6.92 Å². The minimum Gasteiger partial charge on any atom is -0.467 e. The number of furan rings is 1. The standard InChI is InChI=1S/C17H23NO3/c1-14-4-2-5-15(10-14)7-8-18-11-16(19)12-20-13-17-6-3-9-21-17/h2-6,9-10,16,18-19H,7-8,11-13H2,1H3. The highest BCUT2D eigenvalue weighted by Crippen LogP contribution is 2.04. The SMILES string of the molecule is Cc1cccc(CCNCC(O)COCc2ccco2)c1. The lowest BCUT2D eigenvalue weighted by atomic mass is 10.1. The second-order valence-electron chi connectivity index (χ2n) is 5.19. The van der Waals surface area contributed by atoms with Crippen LogP contribution in [0.5, 0.6) is 0 Å². The van der Waals surface area contributed by atoms with E-state index >= 15 is 0 Å². The third-order valence-electron chi connectivity index (χ3n) is 3.19. The Morgan fingerprint density at radius 3 is 2.95 bits per heavy atom. The van der Waals surface area contributed by atoms with E-state index in [-0.39, 0.29) is 0 Å². The van der Waals surface area contributed by atoms with E-state index in [0.717, 1.165) is 18.7 Å². The van der Waals surface area contributed by atoms with E-state index in [1.54, 1.807) is 6.26 Å². The van der Waals surface area contributed by atoms with Gasteiger partial charge in [-0.15, -0.1) is 0 Å². The molecule has 0 saturated heterocycles. The molecular weight excluding hydrogens is 266 g/mol. The summed E-state index contributed by atoms with van der Waals surface area (Å²) in [5.74, 6) is 0.773. The Morgan fingerprint density at radius 2 is 2.19 bits per heavy atom. The largest absolute Gasteiger partial charge is 0.467 e. The van der Waals surface area contributed by atoms with Gasteiger partial charge >= 0.3 is 0 Å². The Hall–Kier alpha value is -1.62. The Bertz CT molecular complexity index is 511. The summed E-state index contributed by atoms with van der Waals surface area (Å²) in [6.45, 7) is 4.17. The molecule has 0 spiro atoms. The van der Waals surface area contributed by atoms with E-state index in [9.17, 15) is 5.11 Å². The van der Waals surface area contributed by atoms with E-state index in [2.05, 4.69) is 36.5 Å². The molecular formula is C17H23NO3. The highest BCUT2D eigenvalue weighted by Gasteiger charge is 2.04. The van der Waals surface area contributed by atoms with Gasteiger partial charge in [0.1, 0.15) is 12.4 Å². The lowest BCUT2D eigenvalue weighted by Gasteiger charge is -2.12. The average Bonchev–Trinajstić information content (AvgIpc) is 2.97. The Labute approximate surface area is 125 Å². The van der Waals surface area contributed by atoms with Crippen molar-refractivity contribution in [2.24, 2.45) is 0 Å². The predicted octanol–water partition coefficient (Wildman–Crippen LogP) is 2.30. The van der Waals surface area contributed by atoms with Gasteiger partial charge in [0.2, 0.25) is 0 Å². The summed E-state index contributed by atoms with van der Waals surface area (Å²) < 4.78 is 10.5. The Kier molecular flexibility index (Phi) is 6.47. The second-order valence-corrected chi connectivity index (χ2v) is 5.19. The minimum absolute atomic E-state index is 0.304. The van der Waals surface area contributed by atoms with Gasteiger partial charge in [-0.05, 0) is 37.6 Å². The molecule has 114 valence electrons. The van der Waals surface area contributed by atoms with Gasteiger partial charge in [0, 0.05) is 6.54 Å². The Balaban J connectivity index is 1.53. The summed E-state index contributed by atoms with van der Waals surface area (Å²) in [6, 6.07) is 12.1. The number of aryl methyl sites for hydroxylation is 1. The molecule has 2 rings (SSSR count). The van der Waals surface area contributed by atoms with Gasteiger partial charge in [-0.1, -0.05) is 29.8 Å². The zero-order valence-corrected chi connectivity index (χ0v) is 12.4. The molecule has 1 unspecified atom stereocenters. The van der Waals surface area contributed by atoms with Crippen LogP contribution in [0.1, 0.15) is 16.9 Å². The third kappa shape index (κ3) is 6.12. The van der Waals surface area contributed by atoms with Crippen LogP contribution in [0.25, 0.3) is 0 Å². The molecule has 0 aliphatic rings. The number of benzene rings is 1. The smallest absolute Gasteiger partial charge is 0.129 e. The molecule has 0 radical (unpaired) electrons. The topological polar surface area (TPSA) is 54.6 Å². The zero-order valence-electron chi connectivity index (χ0n) is 12.4. The van der Waals surface area contributed by atoms with E-state index in [4.69, 9.17) is 9.15 Å². The van der Waals surface area contributed by atoms with Crippen molar-refractivity contribution in [2.45, 2.75) is 26.1 Å². The fourth-order valence-corrected chi connectivity index (χ4v) is 2.12. The molecule has 1 aromatic carbocycles. The van der Waals surface area contributed by atoms with Crippen molar-refractivity contribution >= 4 is 0 Å². The fraction of sp³-hybridized carbons (Fsp3) is 0.412. The van der Waals surface area contributed by atoms with Crippen molar-refractivity contribution in [3.63, 3.8) is 0 Å². The first kappa shape index (κ1) is 15.8. The lowest BCUT2D eigenvalue weighted by molar-refractivity contribution is 0.0228. The van der Waals surface area contributed by atoms with Crippen LogP contribution in [-0.4, -0.2) is 30.9 Å². The number of aliphatic hydroxyl groups excluding tert-OH is 1. The predicted molar refractivity (Wildman–Crippen MR) is 82.1 cm³/mol. The van der Waals surface area contributed by atoms with E-state index < -0.39 is 6.10 Å². The number of aliphatic hydroxyl groups is 1. The quantitative estimate of drug-likeness (QED) is 0.696. The van der Waals surface area contributed by atoms with Crippen LogP contribution in [0.2, 0.25) is 0 Å². The van der Waals surface area contributed by atoms with Gasteiger partial charge in [0.05, 0.1) is 19.0 Å². The second kappa shape index (κ2) is 8.62. The molecule has 0 fully saturated rings. The fourth-order valence-electron chi connectivity index (χ4n) is 2.12. The molecule has 21 heavy (non-hydrogen) atoms. The molecule has 2 N–H and O–H groups in total. The highest BCUT2D eigenvalue weighted by molar-refractivity contribution is 5.22. The summed E-state index contributed by atoms with van der Waals surface area (Å²) in [4.78, 5) is 0. The number of ether oxygens (including phenoxy) is 1. The summed E-state index contributed by atoms with van der Waals surface area (Å²) >= 11 is 0. The first-order valence-electron chi connectivity index (χ1n) is 7.28. The summed E-state index contributed by atoms with van der Waals surface area (Å²) in [7, 11) is 0. The maximum atomic E-state index is 9.80. The molecule has 0 saturated carbocycles. The van der Waals surface area contributed by atoms with Crippen LogP contribution >= 0.6 is 0 Å². The third-order valence-corrected chi connectivity index (χ3v) is 3.19. The normalized spacial score (nSPS) is 12.5. The monoisotopic (exact) mass is 289 g/mol. The van der Waals surface area contributed by atoms with Crippen molar-refractivity contribution in [3.05, 3.63) is 59.5 Å². The van der Waals surface area contributed by atoms with Gasteiger partial charge in [-0.3, -0.25) is 0 Å². The first-order chi connectivity index (χ1) is 10.2. The molecule has 4 heteroatoms. The highest BCUT2D eigenvalue weighted by atomic mass is 16.5. The summed E-state index contributed by atoms with van der Waals surface area (Å²) in [5, 5.41) is 13.0. The summed E-state index contributed by atoms with van der Waals surface area (Å²) in [5.41, 5.74) is 2.59. The van der Waals surface area contributed by atoms with Gasteiger partial charge in [-0.2, -0.15) is 0 Å². The van der Waals surface area contributed by atoms with Crippen LogP contribution in [0.15, 0.2) is 47.1 Å². The minimum atomic E-state index is -0.502. The van der Waals surface area contributed by atoms with Gasteiger partial charge in [0.15, 0.2) is 0 Å². The van der Waals surface area contributed by atoms with Gasteiger partial charge < -0.3 is 19.6 Å².